The molecule has 0 bridgehead atoms. The van der Waals surface area contributed by atoms with E-state index in [0.29, 0.717) is 6.04 Å². The maximum Gasteiger partial charge on any atom is 0.168 e. The number of halogens is 1. The molecule has 0 amide bonds. The third kappa shape index (κ3) is 3.28. The van der Waals surface area contributed by atoms with Crippen molar-refractivity contribution in [3.8, 4) is 0 Å². The topological polar surface area (TPSA) is 30.5 Å². The van der Waals surface area contributed by atoms with Crippen LogP contribution in [-0.4, -0.2) is 25.0 Å². The Morgan fingerprint density at radius 3 is 2.29 bits per heavy atom. The minimum atomic E-state index is -0.290. The van der Waals surface area contributed by atoms with Crippen molar-refractivity contribution in [3.05, 3.63) is 34.6 Å². The van der Waals surface area contributed by atoms with Gasteiger partial charge in [-0.2, -0.15) is 0 Å². The first kappa shape index (κ1) is 14.9. The minimum Gasteiger partial charge on any atom is -0.348 e. The highest BCUT2D eigenvalue weighted by Gasteiger charge is 2.40. The summed E-state index contributed by atoms with van der Waals surface area (Å²) in [6.45, 7) is 5.90. The predicted molar refractivity (Wildman–Crippen MR) is 79.6 cm³/mol. The molecule has 0 atom stereocenters. The Balaban J connectivity index is 1.52. The molecule has 1 spiro atoms. The molecule has 2 aliphatic rings. The Bertz CT molecular complexity index is 479. The summed E-state index contributed by atoms with van der Waals surface area (Å²) in [5.74, 6) is -0.379. The molecule has 1 aromatic carbocycles. The second-order valence-corrected chi connectivity index (χ2v) is 6.31. The van der Waals surface area contributed by atoms with E-state index in [2.05, 4.69) is 5.32 Å². The van der Waals surface area contributed by atoms with Gasteiger partial charge in [0.2, 0.25) is 0 Å². The lowest BCUT2D eigenvalue weighted by Crippen LogP contribution is -2.41. The van der Waals surface area contributed by atoms with Gasteiger partial charge in [-0.25, -0.2) is 4.39 Å². The Hall–Kier alpha value is -0.970. The number of hydrogen-bond donors (Lipinski definition) is 1. The molecular weight excluding hydrogens is 269 g/mol. The molecule has 1 aromatic rings. The quantitative estimate of drug-likeness (QED) is 0.928. The standard InChI is InChI=1S/C17H24FNO2/c1-12-9-14(10-13(2)16(12)18)11-19-15-3-5-17(6-4-15)20-7-8-21-17/h9-10,15,19H,3-8,11H2,1-2H3. The lowest BCUT2D eigenvalue weighted by Gasteiger charge is -2.35. The zero-order valence-electron chi connectivity index (χ0n) is 12.9. The third-order valence-electron chi connectivity index (χ3n) is 4.65. The smallest absolute Gasteiger partial charge is 0.168 e. The SMILES string of the molecule is Cc1cc(CNC2CCC3(CC2)OCCO3)cc(C)c1F. The third-order valence-corrected chi connectivity index (χ3v) is 4.65. The van der Waals surface area contributed by atoms with Crippen LogP contribution in [0.15, 0.2) is 12.1 Å². The van der Waals surface area contributed by atoms with Crippen LogP contribution in [0.1, 0.15) is 42.4 Å². The Labute approximate surface area is 125 Å². The molecule has 1 saturated carbocycles. The Kier molecular flexibility index (Phi) is 4.29. The van der Waals surface area contributed by atoms with Crippen molar-refractivity contribution >= 4 is 0 Å². The largest absolute Gasteiger partial charge is 0.348 e. The lowest BCUT2D eigenvalue weighted by atomic mass is 9.90. The zero-order valence-corrected chi connectivity index (χ0v) is 12.9. The fourth-order valence-electron chi connectivity index (χ4n) is 3.45. The van der Waals surface area contributed by atoms with Crippen molar-refractivity contribution in [2.75, 3.05) is 13.2 Å². The second kappa shape index (κ2) is 6.03. The van der Waals surface area contributed by atoms with E-state index in [0.717, 1.165) is 62.1 Å². The summed E-state index contributed by atoms with van der Waals surface area (Å²) < 4.78 is 25.1. The number of nitrogens with one attached hydrogen (secondary N) is 1. The van der Waals surface area contributed by atoms with Crippen molar-refractivity contribution in [1.82, 2.24) is 5.32 Å². The Morgan fingerprint density at radius 1 is 1.14 bits per heavy atom. The van der Waals surface area contributed by atoms with Crippen LogP contribution in [0.2, 0.25) is 0 Å². The van der Waals surface area contributed by atoms with E-state index in [9.17, 15) is 4.39 Å². The maximum atomic E-state index is 13.6. The monoisotopic (exact) mass is 293 g/mol. The number of ether oxygens (including phenoxy) is 2. The van der Waals surface area contributed by atoms with Crippen molar-refractivity contribution in [1.29, 1.82) is 0 Å². The van der Waals surface area contributed by atoms with E-state index in [1.54, 1.807) is 0 Å². The van der Waals surface area contributed by atoms with Gasteiger partial charge in [0, 0.05) is 25.4 Å². The van der Waals surface area contributed by atoms with Gasteiger partial charge in [0.1, 0.15) is 5.82 Å². The molecule has 0 aromatic heterocycles. The average molecular weight is 293 g/mol. The van der Waals surface area contributed by atoms with E-state index >= 15 is 0 Å². The van der Waals surface area contributed by atoms with E-state index < -0.39 is 0 Å². The molecule has 4 heteroatoms. The van der Waals surface area contributed by atoms with E-state index in [1.165, 1.54) is 0 Å². The van der Waals surface area contributed by atoms with Gasteiger partial charge in [-0.3, -0.25) is 0 Å². The van der Waals surface area contributed by atoms with Gasteiger partial charge in [-0.1, -0.05) is 12.1 Å². The van der Waals surface area contributed by atoms with Gasteiger partial charge < -0.3 is 14.8 Å². The summed E-state index contributed by atoms with van der Waals surface area (Å²) in [5.41, 5.74) is 2.60. The van der Waals surface area contributed by atoms with Gasteiger partial charge in [0.15, 0.2) is 5.79 Å². The van der Waals surface area contributed by atoms with Crippen LogP contribution in [-0.2, 0) is 16.0 Å². The highest BCUT2D eigenvalue weighted by molar-refractivity contribution is 5.30. The summed E-state index contributed by atoms with van der Waals surface area (Å²) in [6, 6.07) is 4.36. The molecule has 0 unspecified atom stereocenters. The van der Waals surface area contributed by atoms with Crippen LogP contribution < -0.4 is 5.32 Å². The second-order valence-electron chi connectivity index (χ2n) is 6.31. The highest BCUT2D eigenvalue weighted by Crippen LogP contribution is 2.35. The first-order valence-electron chi connectivity index (χ1n) is 7.85. The molecule has 1 heterocycles. The van der Waals surface area contributed by atoms with Crippen molar-refractivity contribution in [2.45, 2.75) is 57.9 Å². The van der Waals surface area contributed by atoms with Crippen molar-refractivity contribution < 1.29 is 13.9 Å². The predicted octanol–water partition coefficient (Wildman–Crippen LogP) is 3.22. The summed E-state index contributed by atoms with van der Waals surface area (Å²) in [4.78, 5) is 0. The first-order chi connectivity index (χ1) is 10.1. The van der Waals surface area contributed by atoms with Crippen LogP contribution >= 0.6 is 0 Å². The van der Waals surface area contributed by atoms with Crippen molar-refractivity contribution in [3.63, 3.8) is 0 Å². The van der Waals surface area contributed by atoms with Crippen molar-refractivity contribution in [2.24, 2.45) is 0 Å². The van der Waals surface area contributed by atoms with Gasteiger partial charge in [0.25, 0.3) is 0 Å². The molecule has 0 radical (unpaired) electrons. The van der Waals surface area contributed by atoms with E-state index in [4.69, 9.17) is 9.47 Å². The van der Waals surface area contributed by atoms with E-state index in [1.807, 2.05) is 26.0 Å². The van der Waals surface area contributed by atoms with Gasteiger partial charge >= 0.3 is 0 Å². The van der Waals surface area contributed by atoms with E-state index in [-0.39, 0.29) is 11.6 Å². The molecule has 3 rings (SSSR count). The number of aryl methyl sites for hydroxylation is 2. The van der Waals surface area contributed by atoms with Crippen LogP contribution in [0.25, 0.3) is 0 Å². The number of hydrogen-bond acceptors (Lipinski definition) is 3. The highest BCUT2D eigenvalue weighted by atomic mass is 19.1. The fourth-order valence-corrected chi connectivity index (χ4v) is 3.45. The van der Waals surface area contributed by atoms with Gasteiger partial charge in [0.05, 0.1) is 13.2 Å². The molecule has 21 heavy (non-hydrogen) atoms. The molecule has 2 fully saturated rings. The number of rotatable bonds is 3. The van der Waals surface area contributed by atoms with Crippen LogP contribution in [0.5, 0.6) is 0 Å². The maximum absolute atomic E-state index is 13.6. The van der Waals surface area contributed by atoms with Crippen LogP contribution in [0.3, 0.4) is 0 Å². The molecule has 1 aliphatic carbocycles. The van der Waals surface area contributed by atoms with Gasteiger partial charge in [-0.05, 0) is 43.4 Å². The average Bonchev–Trinajstić information content (AvgIpc) is 2.92. The zero-order chi connectivity index (χ0) is 14.9. The molecule has 3 nitrogen and oxygen atoms in total. The molecule has 116 valence electrons. The summed E-state index contributed by atoms with van der Waals surface area (Å²) in [5, 5.41) is 3.58. The normalized spacial score (nSPS) is 22.0. The summed E-state index contributed by atoms with van der Waals surface area (Å²) >= 11 is 0. The Morgan fingerprint density at radius 2 is 1.71 bits per heavy atom. The lowest BCUT2D eigenvalue weighted by molar-refractivity contribution is -0.179. The molecule has 1 saturated heterocycles. The molecule has 1 aliphatic heterocycles. The number of benzene rings is 1. The summed E-state index contributed by atoms with van der Waals surface area (Å²) in [6.07, 6.45) is 4.07. The molecular formula is C17H24FNO2. The summed E-state index contributed by atoms with van der Waals surface area (Å²) in [7, 11) is 0. The van der Waals surface area contributed by atoms with Crippen LogP contribution in [0.4, 0.5) is 4.39 Å². The molecule has 1 N–H and O–H groups in total. The fraction of sp³-hybridized carbons (Fsp3) is 0.647. The minimum absolute atomic E-state index is 0.0890. The van der Waals surface area contributed by atoms with Crippen LogP contribution in [0, 0.1) is 19.7 Å². The first-order valence-corrected chi connectivity index (χ1v) is 7.85. The van der Waals surface area contributed by atoms with Gasteiger partial charge in [-0.15, -0.1) is 0 Å².